The van der Waals surface area contributed by atoms with Crippen LogP contribution in [-0.4, -0.2) is 31.6 Å². The number of hydrogen-bond donors (Lipinski definition) is 1. The Kier molecular flexibility index (Phi) is 6.34. The Bertz CT molecular complexity index is 388. The molecule has 0 amide bonds. The molecule has 0 aromatic heterocycles. The van der Waals surface area contributed by atoms with E-state index in [-0.39, 0.29) is 0 Å². The molecule has 3 nitrogen and oxygen atoms in total. The number of nitrogens with zero attached hydrogens (tertiary/aromatic N) is 1. The van der Waals surface area contributed by atoms with E-state index in [4.69, 9.17) is 10.5 Å². The molecule has 0 radical (unpaired) electrons. The molecule has 1 aliphatic carbocycles. The van der Waals surface area contributed by atoms with Crippen LogP contribution in [0.2, 0.25) is 0 Å². The van der Waals surface area contributed by atoms with E-state index in [1.165, 1.54) is 32.2 Å². The Morgan fingerprint density at radius 1 is 1.30 bits per heavy atom. The third kappa shape index (κ3) is 5.14. The molecule has 20 heavy (non-hydrogen) atoms. The number of ether oxygens (including phenoxy) is 1. The van der Waals surface area contributed by atoms with Gasteiger partial charge in [0.25, 0.3) is 0 Å². The predicted molar refractivity (Wildman–Crippen MR) is 83.9 cm³/mol. The van der Waals surface area contributed by atoms with Crippen molar-refractivity contribution in [1.29, 1.82) is 0 Å². The molecule has 112 valence electrons. The highest BCUT2D eigenvalue weighted by Crippen LogP contribution is 2.25. The van der Waals surface area contributed by atoms with Crippen LogP contribution in [0.25, 0.3) is 0 Å². The first-order chi connectivity index (χ1) is 9.78. The lowest BCUT2D eigenvalue weighted by Gasteiger charge is -2.20. The molecule has 1 aromatic carbocycles. The van der Waals surface area contributed by atoms with E-state index in [1.54, 1.807) is 0 Å². The van der Waals surface area contributed by atoms with Gasteiger partial charge >= 0.3 is 0 Å². The van der Waals surface area contributed by atoms with Crippen molar-refractivity contribution in [2.75, 3.05) is 26.7 Å². The maximum Gasteiger partial charge on any atom is 0.119 e. The van der Waals surface area contributed by atoms with Gasteiger partial charge in [-0.2, -0.15) is 0 Å². The molecule has 2 rings (SSSR count). The topological polar surface area (TPSA) is 38.5 Å². The maximum atomic E-state index is 5.79. The monoisotopic (exact) mass is 276 g/mol. The first-order valence-corrected chi connectivity index (χ1v) is 7.88. The molecule has 0 heterocycles. The second-order valence-corrected chi connectivity index (χ2v) is 5.97. The maximum absolute atomic E-state index is 5.79. The minimum absolute atomic E-state index is 0.571. The molecule has 0 saturated heterocycles. The van der Waals surface area contributed by atoms with Crippen molar-refractivity contribution in [3.8, 4) is 5.75 Å². The summed E-state index contributed by atoms with van der Waals surface area (Å²) >= 11 is 0. The molecule has 2 N–H and O–H groups in total. The van der Waals surface area contributed by atoms with E-state index in [9.17, 15) is 0 Å². The minimum Gasteiger partial charge on any atom is -0.494 e. The first kappa shape index (κ1) is 15.3. The van der Waals surface area contributed by atoms with Gasteiger partial charge in [-0.05, 0) is 49.9 Å². The van der Waals surface area contributed by atoms with Crippen molar-refractivity contribution in [2.45, 2.75) is 38.6 Å². The van der Waals surface area contributed by atoms with E-state index < -0.39 is 0 Å². The number of nitrogens with two attached hydrogens (primary N) is 1. The van der Waals surface area contributed by atoms with Crippen LogP contribution in [0.3, 0.4) is 0 Å². The SMILES string of the molecule is CN(CCCOc1cccc(CN)c1)CC1CCCC1. The molecule has 1 aliphatic rings. The van der Waals surface area contributed by atoms with Crippen molar-refractivity contribution in [3.05, 3.63) is 29.8 Å². The Hall–Kier alpha value is -1.06. The summed E-state index contributed by atoms with van der Waals surface area (Å²) in [5, 5.41) is 0. The normalized spacial score (nSPS) is 15.9. The lowest BCUT2D eigenvalue weighted by Crippen LogP contribution is -2.26. The molecule has 1 aromatic rings. The summed E-state index contributed by atoms with van der Waals surface area (Å²) in [6.07, 6.45) is 6.79. The summed E-state index contributed by atoms with van der Waals surface area (Å²) < 4.78 is 5.79. The van der Waals surface area contributed by atoms with Crippen molar-refractivity contribution < 1.29 is 4.74 Å². The van der Waals surface area contributed by atoms with Crippen molar-refractivity contribution in [1.82, 2.24) is 4.90 Å². The fourth-order valence-corrected chi connectivity index (χ4v) is 3.01. The van der Waals surface area contributed by atoms with E-state index in [0.717, 1.165) is 36.8 Å². The highest BCUT2D eigenvalue weighted by Gasteiger charge is 2.16. The van der Waals surface area contributed by atoms with Crippen LogP contribution in [0.1, 0.15) is 37.7 Å². The third-order valence-corrected chi connectivity index (χ3v) is 4.13. The lowest BCUT2D eigenvalue weighted by atomic mass is 10.1. The van der Waals surface area contributed by atoms with Crippen LogP contribution in [0.15, 0.2) is 24.3 Å². The average Bonchev–Trinajstić information content (AvgIpc) is 2.97. The van der Waals surface area contributed by atoms with Crippen molar-refractivity contribution >= 4 is 0 Å². The summed E-state index contributed by atoms with van der Waals surface area (Å²) in [5.74, 6) is 1.87. The summed E-state index contributed by atoms with van der Waals surface area (Å²) in [7, 11) is 2.23. The smallest absolute Gasteiger partial charge is 0.119 e. The number of rotatable bonds is 8. The lowest BCUT2D eigenvalue weighted by molar-refractivity contribution is 0.239. The summed E-state index contributed by atoms with van der Waals surface area (Å²) in [6.45, 7) is 3.72. The van der Waals surface area contributed by atoms with Gasteiger partial charge in [-0.1, -0.05) is 25.0 Å². The van der Waals surface area contributed by atoms with E-state index >= 15 is 0 Å². The molecule has 0 spiro atoms. The van der Waals surface area contributed by atoms with Gasteiger partial charge in [0.15, 0.2) is 0 Å². The van der Waals surface area contributed by atoms with Gasteiger partial charge in [0.2, 0.25) is 0 Å². The van der Waals surface area contributed by atoms with Gasteiger partial charge in [-0.3, -0.25) is 0 Å². The number of benzene rings is 1. The van der Waals surface area contributed by atoms with Gasteiger partial charge in [-0.15, -0.1) is 0 Å². The molecular weight excluding hydrogens is 248 g/mol. The Labute approximate surface area is 123 Å². The van der Waals surface area contributed by atoms with Gasteiger partial charge in [0.05, 0.1) is 6.61 Å². The van der Waals surface area contributed by atoms with Gasteiger partial charge in [-0.25, -0.2) is 0 Å². The van der Waals surface area contributed by atoms with Gasteiger partial charge < -0.3 is 15.4 Å². The van der Waals surface area contributed by atoms with E-state index in [1.807, 2.05) is 24.3 Å². The highest BCUT2D eigenvalue weighted by molar-refractivity contribution is 5.28. The van der Waals surface area contributed by atoms with Crippen LogP contribution in [-0.2, 0) is 6.54 Å². The molecule has 1 fully saturated rings. The Morgan fingerprint density at radius 3 is 2.85 bits per heavy atom. The number of hydrogen-bond acceptors (Lipinski definition) is 3. The Balaban J connectivity index is 1.60. The zero-order valence-corrected chi connectivity index (χ0v) is 12.7. The largest absolute Gasteiger partial charge is 0.494 e. The zero-order chi connectivity index (χ0) is 14.2. The fourth-order valence-electron chi connectivity index (χ4n) is 3.01. The van der Waals surface area contributed by atoms with E-state index in [2.05, 4.69) is 11.9 Å². The summed E-state index contributed by atoms with van der Waals surface area (Å²) in [6, 6.07) is 8.07. The molecule has 3 heteroatoms. The average molecular weight is 276 g/mol. The Morgan fingerprint density at radius 2 is 2.10 bits per heavy atom. The van der Waals surface area contributed by atoms with Gasteiger partial charge in [0, 0.05) is 19.6 Å². The van der Waals surface area contributed by atoms with E-state index in [0.29, 0.717) is 6.54 Å². The van der Waals surface area contributed by atoms with Crippen molar-refractivity contribution in [2.24, 2.45) is 11.7 Å². The molecule has 0 aliphatic heterocycles. The molecule has 1 saturated carbocycles. The molecule has 0 bridgehead atoms. The highest BCUT2D eigenvalue weighted by atomic mass is 16.5. The molecule has 0 unspecified atom stereocenters. The third-order valence-electron chi connectivity index (χ3n) is 4.13. The predicted octanol–water partition coefficient (Wildman–Crippen LogP) is 3.04. The second-order valence-electron chi connectivity index (χ2n) is 5.97. The second kappa shape index (κ2) is 8.28. The fraction of sp³-hybridized carbons (Fsp3) is 0.647. The van der Waals surface area contributed by atoms with Crippen LogP contribution < -0.4 is 10.5 Å². The quantitative estimate of drug-likeness (QED) is 0.742. The minimum atomic E-state index is 0.571. The summed E-state index contributed by atoms with van der Waals surface area (Å²) in [5.41, 5.74) is 6.75. The summed E-state index contributed by atoms with van der Waals surface area (Å²) in [4.78, 5) is 2.45. The first-order valence-electron chi connectivity index (χ1n) is 7.88. The zero-order valence-electron chi connectivity index (χ0n) is 12.7. The van der Waals surface area contributed by atoms with Crippen LogP contribution in [0.4, 0.5) is 0 Å². The van der Waals surface area contributed by atoms with Crippen LogP contribution >= 0.6 is 0 Å². The van der Waals surface area contributed by atoms with Gasteiger partial charge in [0.1, 0.15) is 5.75 Å². The van der Waals surface area contributed by atoms with Crippen LogP contribution in [0, 0.1) is 5.92 Å². The van der Waals surface area contributed by atoms with Crippen LogP contribution in [0.5, 0.6) is 5.75 Å². The molecular formula is C17H28N2O. The molecule has 0 atom stereocenters. The standard InChI is InChI=1S/C17H28N2O/c1-19(14-15-6-2-3-7-15)10-5-11-20-17-9-4-8-16(12-17)13-18/h4,8-9,12,15H,2-3,5-7,10-11,13-14,18H2,1H3. The van der Waals surface area contributed by atoms with Crippen molar-refractivity contribution in [3.63, 3.8) is 0 Å².